The van der Waals surface area contributed by atoms with E-state index >= 15 is 0 Å². The number of aromatic nitrogens is 2. The van der Waals surface area contributed by atoms with Crippen molar-refractivity contribution in [1.29, 1.82) is 0 Å². The predicted molar refractivity (Wildman–Crippen MR) is 125 cm³/mol. The van der Waals surface area contributed by atoms with Gasteiger partial charge in [0.2, 0.25) is 11.9 Å². The molecule has 1 aromatic heterocycles. The molecule has 7 heteroatoms. The third-order valence-corrected chi connectivity index (χ3v) is 7.15. The maximum absolute atomic E-state index is 12.2. The number of nitrogens with one attached hydrogen (secondary N) is 1. The predicted octanol–water partition coefficient (Wildman–Crippen LogP) is 3.52. The lowest BCUT2D eigenvalue weighted by molar-refractivity contribution is -0.132. The van der Waals surface area contributed by atoms with E-state index in [4.69, 9.17) is 4.98 Å². The first-order valence-electron chi connectivity index (χ1n) is 12.6. The number of carbonyl (C=O) groups is 1. The van der Waals surface area contributed by atoms with Crippen LogP contribution in [0.1, 0.15) is 71.1 Å². The highest BCUT2D eigenvalue weighted by atomic mass is 16.2. The summed E-state index contributed by atoms with van der Waals surface area (Å²) in [5.41, 5.74) is 0. The number of hydrogen-bond donors (Lipinski definition) is 1. The van der Waals surface area contributed by atoms with Crippen LogP contribution in [0.25, 0.3) is 0 Å². The summed E-state index contributed by atoms with van der Waals surface area (Å²) in [6.07, 6.45) is 13.3. The number of carbonyl (C=O) groups excluding carboxylic acids is 1. The molecule has 0 radical (unpaired) electrons. The fraction of sp³-hybridized carbons (Fsp3) is 0.792. The molecule has 4 heterocycles. The van der Waals surface area contributed by atoms with E-state index in [2.05, 4.69) is 38.0 Å². The van der Waals surface area contributed by atoms with Gasteiger partial charge in [-0.1, -0.05) is 19.8 Å². The van der Waals surface area contributed by atoms with E-state index in [1.54, 1.807) is 0 Å². The van der Waals surface area contributed by atoms with E-state index in [-0.39, 0.29) is 0 Å². The SMILES string of the molecule is CCCC(=O)N1CCC(N2CCCC(Nc3nccc(N4CCCCCC4)n3)C2)CC1. The lowest BCUT2D eigenvalue weighted by Gasteiger charge is -2.42. The van der Waals surface area contributed by atoms with Crippen LogP contribution in [0.2, 0.25) is 0 Å². The van der Waals surface area contributed by atoms with Crippen molar-refractivity contribution in [3.63, 3.8) is 0 Å². The molecule has 1 aromatic rings. The van der Waals surface area contributed by atoms with E-state index < -0.39 is 0 Å². The van der Waals surface area contributed by atoms with Crippen LogP contribution in [0.4, 0.5) is 11.8 Å². The van der Waals surface area contributed by atoms with Crippen LogP contribution >= 0.6 is 0 Å². The van der Waals surface area contributed by atoms with Crippen LogP contribution in [0.3, 0.4) is 0 Å². The van der Waals surface area contributed by atoms with E-state index in [1.165, 1.54) is 45.1 Å². The Balaban J connectivity index is 1.29. The first kappa shape index (κ1) is 22.3. The van der Waals surface area contributed by atoms with Crippen LogP contribution < -0.4 is 10.2 Å². The quantitative estimate of drug-likeness (QED) is 0.748. The van der Waals surface area contributed by atoms with Crippen molar-refractivity contribution in [2.45, 2.75) is 83.2 Å². The number of hydrogen-bond acceptors (Lipinski definition) is 6. The lowest BCUT2D eigenvalue weighted by atomic mass is 9.97. The summed E-state index contributed by atoms with van der Waals surface area (Å²) in [5.74, 6) is 2.17. The van der Waals surface area contributed by atoms with Gasteiger partial charge in [-0.05, 0) is 57.6 Å². The summed E-state index contributed by atoms with van der Waals surface area (Å²) < 4.78 is 0. The minimum Gasteiger partial charge on any atom is -0.356 e. The molecule has 0 spiro atoms. The monoisotopic (exact) mass is 428 g/mol. The van der Waals surface area contributed by atoms with Gasteiger partial charge in [-0.2, -0.15) is 4.98 Å². The fourth-order valence-electron chi connectivity index (χ4n) is 5.39. The van der Waals surface area contributed by atoms with Gasteiger partial charge in [0.05, 0.1) is 0 Å². The molecule has 3 aliphatic rings. The van der Waals surface area contributed by atoms with Crippen LogP contribution in [0.5, 0.6) is 0 Å². The lowest BCUT2D eigenvalue weighted by Crippen LogP contribution is -2.51. The van der Waals surface area contributed by atoms with Crippen molar-refractivity contribution in [1.82, 2.24) is 19.8 Å². The molecule has 3 fully saturated rings. The normalized spacial score (nSPS) is 24.1. The van der Waals surface area contributed by atoms with Gasteiger partial charge < -0.3 is 15.1 Å². The molecule has 1 unspecified atom stereocenters. The summed E-state index contributed by atoms with van der Waals surface area (Å²) in [6, 6.07) is 3.05. The van der Waals surface area contributed by atoms with Gasteiger partial charge in [-0.15, -0.1) is 0 Å². The molecule has 0 bridgehead atoms. The van der Waals surface area contributed by atoms with E-state index in [9.17, 15) is 4.79 Å². The Morgan fingerprint density at radius 2 is 1.81 bits per heavy atom. The Hall–Kier alpha value is -1.89. The van der Waals surface area contributed by atoms with Crippen molar-refractivity contribution in [2.24, 2.45) is 0 Å². The van der Waals surface area contributed by atoms with Crippen LogP contribution in [-0.4, -0.2) is 77.0 Å². The second kappa shape index (κ2) is 11.1. The molecule has 1 atom stereocenters. The molecule has 4 rings (SSSR count). The first-order valence-corrected chi connectivity index (χ1v) is 12.6. The van der Waals surface area contributed by atoms with Gasteiger partial charge in [-0.25, -0.2) is 4.98 Å². The van der Waals surface area contributed by atoms with E-state index in [0.29, 0.717) is 24.4 Å². The highest BCUT2D eigenvalue weighted by Gasteiger charge is 2.30. The Morgan fingerprint density at radius 3 is 2.55 bits per heavy atom. The molecule has 0 aromatic carbocycles. The zero-order valence-electron chi connectivity index (χ0n) is 19.3. The Labute approximate surface area is 187 Å². The zero-order chi connectivity index (χ0) is 21.5. The van der Waals surface area contributed by atoms with E-state index in [1.807, 2.05) is 6.20 Å². The van der Waals surface area contributed by atoms with Gasteiger partial charge >= 0.3 is 0 Å². The maximum Gasteiger partial charge on any atom is 0.224 e. The van der Waals surface area contributed by atoms with Gasteiger partial charge in [0.25, 0.3) is 0 Å². The van der Waals surface area contributed by atoms with Gasteiger partial charge in [0, 0.05) is 57.4 Å². The maximum atomic E-state index is 12.2. The van der Waals surface area contributed by atoms with Gasteiger partial charge in [0.15, 0.2) is 0 Å². The van der Waals surface area contributed by atoms with Crippen molar-refractivity contribution in [3.05, 3.63) is 12.3 Å². The highest BCUT2D eigenvalue weighted by Crippen LogP contribution is 2.24. The number of rotatable bonds is 6. The minimum absolute atomic E-state index is 0.334. The summed E-state index contributed by atoms with van der Waals surface area (Å²) in [6.45, 7) is 8.34. The topological polar surface area (TPSA) is 64.6 Å². The highest BCUT2D eigenvalue weighted by molar-refractivity contribution is 5.76. The Kier molecular flexibility index (Phi) is 8.00. The van der Waals surface area contributed by atoms with Crippen molar-refractivity contribution in [2.75, 3.05) is 49.5 Å². The van der Waals surface area contributed by atoms with Crippen LogP contribution in [0.15, 0.2) is 12.3 Å². The zero-order valence-corrected chi connectivity index (χ0v) is 19.3. The van der Waals surface area contributed by atoms with Crippen LogP contribution in [0, 0.1) is 0 Å². The smallest absolute Gasteiger partial charge is 0.224 e. The molecule has 31 heavy (non-hydrogen) atoms. The number of nitrogens with zero attached hydrogens (tertiary/aromatic N) is 5. The average molecular weight is 429 g/mol. The molecule has 7 nitrogen and oxygen atoms in total. The molecular weight excluding hydrogens is 388 g/mol. The second-order valence-corrected chi connectivity index (χ2v) is 9.48. The first-order chi connectivity index (χ1) is 15.2. The summed E-state index contributed by atoms with van der Waals surface area (Å²) in [7, 11) is 0. The third kappa shape index (κ3) is 6.09. The van der Waals surface area contributed by atoms with Crippen LogP contribution in [-0.2, 0) is 4.79 Å². The number of piperidine rings is 2. The Bertz CT molecular complexity index is 697. The molecule has 172 valence electrons. The number of amides is 1. The average Bonchev–Trinajstić information content (AvgIpc) is 3.09. The third-order valence-electron chi connectivity index (χ3n) is 7.15. The molecule has 0 aliphatic carbocycles. The van der Waals surface area contributed by atoms with Crippen molar-refractivity contribution in [3.8, 4) is 0 Å². The molecule has 1 N–H and O–H groups in total. The minimum atomic E-state index is 0.334. The Morgan fingerprint density at radius 1 is 1.03 bits per heavy atom. The molecule has 3 saturated heterocycles. The van der Waals surface area contributed by atoms with Crippen molar-refractivity contribution >= 4 is 17.7 Å². The fourth-order valence-corrected chi connectivity index (χ4v) is 5.39. The van der Waals surface area contributed by atoms with Crippen molar-refractivity contribution < 1.29 is 4.79 Å². The summed E-state index contributed by atoms with van der Waals surface area (Å²) >= 11 is 0. The molecule has 0 saturated carbocycles. The molecule has 1 amide bonds. The standard InChI is InChI=1S/C24H40N6O/c1-2-8-23(31)29-17-11-21(12-18-29)30-16-7-9-20(19-30)26-24-25-13-10-22(27-24)28-14-5-3-4-6-15-28/h10,13,20-21H,2-9,11-12,14-19H2,1H3,(H,25,26,27). The molecular formula is C24H40N6O. The van der Waals surface area contributed by atoms with Gasteiger partial charge in [0.1, 0.15) is 5.82 Å². The number of likely N-dealkylation sites (tertiary alicyclic amines) is 2. The largest absolute Gasteiger partial charge is 0.356 e. The van der Waals surface area contributed by atoms with Gasteiger partial charge in [-0.3, -0.25) is 9.69 Å². The molecule has 3 aliphatic heterocycles. The summed E-state index contributed by atoms with van der Waals surface area (Å²) in [5, 5.41) is 3.63. The number of anilines is 2. The van der Waals surface area contributed by atoms with E-state index in [0.717, 1.165) is 63.8 Å². The second-order valence-electron chi connectivity index (χ2n) is 9.48. The summed E-state index contributed by atoms with van der Waals surface area (Å²) in [4.78, 5) is 28.7.